The number of hydrogen-bond acceptors (Lipinski definition) is 10. The minimum absolute atomic E-state index is 0.0856. The number of hydrogen-bond donors (Lipinski definition) is 7. The van der Waals surface area contributed by atoms with Crippen molar-refractivity contribution in [3.8, 4) is 11.1 Å². The van der Waals surface area contributed by atoms with Gasteiger partial charge in [0.25, 0.3) is 11.7 Å². The zero-order valence-electron chi connectivity index (χ0n) is 29.2. The number of ether oxygens (including phenoxy) is 3. The second kappa shape index (κ2) is 19.5. The minimum Gasteiger partial charge on any atom is -0.481 e. The predicted molar refractivity (Wildman–Crippen MR) is 189 cm³/mol. The highest BCUT2D eigenvalue weighted by Gasteiger charge is 2.56. The molecular formula is C38H45N3O12. The minimum atomic E-state index is -2.49. The lowest BCUT2D eigenvalue weighted by molar-refractivity contribution is -0.300. The molecule has 1 aliphatic rings. The van der Waals surface area contributed by atoms with Crippen LogP contribution in [0.3, 0.4) is 0 Å². The van der Waals surface area contributed by atoms with Crippen LogP contribution < -0.4 is 16.0 Å². The number of carbonyl (C=O) groups is 5. The van der Waals surface area contributed by atoms with E-state index in [4.69, 9.17) is 19.3 Å². The fraction of sp³-hybridized carbons (Fsp3) is 0.395. The van der Waals surface area contributed by atoms with Crippen LogP contribution >= 0.6 is 0 Å². The van der Waals surface area contributed by atoms with E-state index < -0.39 is 79.0 Å². The largest absolute Gasteiger partial charge is 0.481 e. The van der Waals surface area contributed by atoms with Crippen molar-refractivity contribution in [3.63, 3.8) is 0 Å². The smallest absolute Gasteiger partial charge is 0.407 e. The summed E-state index contributed by atoms with van der Waals surface area (Å²) < 4.78 is 17.0. The molecule has 3 aromatic rings. The average molecular weight is 736 g/mol. The molecule has 0 bridgehead atoms. The molecule has 0 unspecified atom stereocenters. The number of alkyl carbamates (subject to hydrolysis) is 1. The van der Waals surface area contributed by atoms with Crippen LogP contribution in [0.25, 0.3) is 11.1 Å². The maximum absolute atomic E-state index is 13.0. The van der Waals surface area contributed by atoms with Crippen molar-refractivity contribution < 1.29 is 58.6 Å². The van der Waals surface area contributed by atoms with Gasteiger partial charge in [0.1, 0.15) is 18.8 Å². The van der Waals surface area contributed by atoms with Gasteiger partial charge in [-0.15, -0.1) is 0 Å². The second-order valence-electron chi connectivity index (χ2n) is 12.6. The number of aliphatic hydroxyl groups is 2. The van der Waals surface area contributed by atoms with Gasteiger partial charge in [-0.05, 0) is 41.7 Å². The number of aliphatic hydroxyl groups excluding tert-OH is 2. The van der Waals surface area contributed by atoms with Crippen LogP contribution in [0.15, 0.2) is 84.9 Å². The summed E-state index contributed by atoms with van der Waals surface area (Å²) in [5, 5.41) is 49.6. The van der Waals surface area contributed by atoms with Crippen LogP contribution in [-0.2, 0) is 35.2 Å². The van der Waals surface area contributed by atoms with Gasteiger partial charge in [-0.1, -0.05) is 79.2 Å². The summed E-state index contributed by atoms with van der Waals surface area (Å²) >= 11 is 0. The topological polar surface area (TPSA) is 230 Å². The summed E-state index contributed by atoms with van der Waals surface area (Å²) in [7, 11) is 0. The highest BCUT2D eigenvalue weighted by atomic mass is 16.7. The number of carboxylic acid groups (broad SMARTS) is 2. The first-order chi connectivity index (χ1) is 25.4. The second-order valence-corrected chi connectivity index (χ2v) is 12.6. The summed E-state index contributed by atoms with van der Waals surface area (Å²) in [5.41, 5.74) is 2.78. The maximum atomic E-state index is 13.0. The first kappa shape index (κ1) is 40.4. The first-order valence-electron chi connectivity index (χ1n) is 17.2. The first-order valence-corrected chi connectivity index (χ1v) is 17.2. The third-order valence-electron chi connectivity index (χ3n) is 8.64. The normalized spacial score (nSPS) is 20.7. The maximum Gasteiger partial charge on any atom is 0.407 e. The van der Waals surface area contributed by atoms with Gasteiger partial charge in [0.05, 0.1) is 24.8 Å². The number of unbranched alkanes of at least 4 members (excludes halogenated alkanes) is 2. The van der Waals surface area contributed by atoms with Gasteiger partial charge in [-0.2, -0.15) is 0 Å². The fourth-order valence-electron chi connectivity index (χ4n) is 5.91. The van der Waals surface area contributed by atoms with Crippen molar-refractivity contribution in [2.45, 2.75) is 81.8 Å². The Balaban J connectivity index is 1.52. The zero-order valence-corrected chi connectivity index (χ0v) is 29.2. The molecule has 1 aliphatic heterocycles. The number of nitrogens with one attached hydrogen (secondary N) is 3. The summed E-state index contributed by atoms with van der Waals surface area (Å²) in [5.74, 6) is -6.27. The standard InChI is InChI=1S/C38H45N3O12/c1-24(42)40-32-29(41-37(50)51-23-25-11-5-2-6-12-25)21-38(36(48)49,52-20-10-4-9-15-31(44)45)53-34(32)33(46)30(43)22-39-35(47)28-18-16-27(17-19-28)26-13-7-3-8-14-26/h2-3,5-8,11-14,16-19,29-30,32-34,43,46H,4,9-10,15,20-23H2,1H3,(H,39,47)(H,40,42)(H,41,50)(H,44,45)(H,48,49)/t29-,30+,32+,33+,34+,38+/m0/s1. The van der Waals surface area contributed by atoms with Gasteiger partial charge in [0, 0.05) is 31.9 Å². The summed E-state index contributed by atoms with van der Waals surface area (Å²) in [6.07, 6.45) is -6.04. The van der Waals surface area contributed by atoms with Crippen LogP contribution in [0.2, 0.25) is 0 Å². The van der Waals surface area contributed by atoms with E-state index in [0.29, 0.717) is 18.4 Å². The molecule has 0 spiro atoms. The van der Waals surface area contributed by atoms with Crippen LogP contribution in [-0.4, -0.2) is 99.6 Å². The number of carbonyl (C=O) groups excluding carboxylic acids is 3. The summed E-state index contributed by atoms with van der Waals surface area (Å²) in [6.45, 7) is 0.332. The monoisotopic (exact) mass is 735 g/mol. The molecule has 0 radical (unpaired) electrons. The van der Waals surface area contributed by atoms with Crippen LogP contribution in [0, 0.1) is 0 Å². The Kier molecular flexibility index (Phi) is 14.9. The molecule has 1 saturated heterocycles. The van der Waals surface area contributed by atoms with Gasteiger partial charge < -0.3 is 50.6 Å². The number of carboxylic acids is 2. The molecule has 4 rings (SSSR count). The van der Waals surface area contributed by atoms with Gasteiger partial charge in [-0.3, -0.25) is 14.4 Å². The molecule has 6 atom stereocenters. The van der Waals surface area contributed by atoms with E-state index in [2.05, 4.69) is 16.0 Å². The molecule has 15 heteroatoms. The highest BCUT2D eigenvalue weighted by Crippen LogP contribution is 2.34. The Morgan fingerprint density at radius 3 is 2.11 bits per heavy atom. The Bertz CT molecular complexity index is 1670. The molecule has 0 saturated carbocycles. The summed E-state index contributed by atoms with van der Waals surface area (Å²) in [6, 6.07) is 22.4. The number of rotatable bonds is 18. The molecule has 1 heterocycles. The summed E-state index contributed by atoms with van der Waals surface area (Å²) in [4.78, 5) is 62.1. The zero-order chi connectivity index (χ0) is 38.4. The van der Waals surface area contributed by atoms with E-state index in [1.54, 1.807) is 54.6 Å². The molecule has 0 aliphatic carbocycles. The van der Waals surface area contributed by atoms with E-state index in [-0.39, 0.29) is 31.6 Å². The van der Waals surface area contributed by atoms with Gasteiger partial charge in [0.2, 0.25) is 5.91 Å². The fourth-order valence-corrected chi connectivity index (χ4v) is 5.91. The predicted octanol–water partition coefficient (Wildman–Crippen LogP) is 2.84. The Morgan fingerprint density at radius 2 is 1.49 bits per heavy atom. The molecule has 3 amide bonds. The van der Waals surface area contributed by atoms with E-state index in [1.165, 1.54) is 6.92 Å². The van der Waals surface area contributed by atoms with Gasteiger partial charge in [0.15, 0.2) is 0 Å². The van der Waals surface area contributed by atoms with Gasteiger partial charge >= 0.3 is 18.0 Å². The van der Waals surface area contributed by atoms with E-state index in [9.17, 15) is 39.3 Å². The number of aliphatic carboxylic acids is 2. The molecule has 15 nitrogen and oxygen atoms in total. The lowest BCUT2D eigenvalue weighted by Crippen LogP contribution is -2.71. The number of benzene rings is 3. The Morgan fingerprint density at radius 1 is 0.849 bits per heavy atom. The van der Waals surface area contributed by atoms with Crippen molar-refractivity contribution in [2.24, 2.45) is 0 Å². The van der Waals surface area contributed by atoms with Crippen molar-refractivity contribution in [1.82, 2.24) is 16.0 Å². The van der Waals surface area contributed by atoms with Crippen LogP contribution in [0.4, 0.5) is 4.79 Å². The van der Waals surface area contributed by atoms with E-state index >= 15 is 0 Å². The van der Waals surface area contributed by atoms with E-state index in [0.717, 1.165) is 11.1 Å². The number of amides is 3. The average Bonchev–Trinajstić information content (AvgIpc) is 3.15. The molecule has 7 N–H and O–H groups in total. The molecule has 3 aromatic carbocycles. The van der Waals surface area contributed by atoms with Crippen molar-refractivity contribution in [1.29, 1.82) is 0 Å². The lowest BCUT2D eigenvalue weighted by Gasteiger charge is -2.48. The highest BCUT2D eigenvalue weighted by molar-refractivity contribution is 5.94. The van der Waals surface area contributed by atoms with Gasteiger partial charge in [-0.25, -0.2) is 9.59 Å². The van der Waals surface area contributed by atoms with E-state index in [1.807, 2.05) is 30.3 Å². The SMILES string of the molecule is CC(=O)N[C@H]1[C@H]([C@H](O)[C@H](O)CNC(=O)c2ccc(-c3ccccc3)cc2)O[C@@](OCCCCCC(=O)O)(C(=O)O)C[C@@H]1NC(=O)OCc1ccccc1. The molecule has 53 heavy (non-hydrogen) atoms. The third kappa shape index (κ3) is 11.8. The van der Waals surface area contributed by atoms with Crippen molar-refractivity contribution in [3.05, 3.63) is 96.1 Å². The molecular weight excluding hydrogens is 690 g/mol. The van der Waals surface area contributed by atoms with Crippen molar-refractivity contribution in [2.75, 3.05) is 13.2 Å². The third-order valence-corrected chi connectivity index (χ3v) is 8.64. The van der Waals surface area contributed by atoms with Crippen LogP contribution in [0.5, 0.6) is 0 Å². The van der Waals surface area contributed by atoms with Crippen LogP contribution in [0.1, 0.15) is 54.9 Å². The molecule has 0 aromatic heterocycles. The Hall–Kier alpha value is -5.35. The molecule has 284 valence electrons. The van der Waals surface area contributed by atoms with Crippen molar-refractivity contribution >= 4 is 29.8 Å². The quantitative estimate of drug-likeness (QED) is 0.0936. The Labute approximate surface area is 306 Å². The molecule has 1 fully saturated rings. The lowest BCUT2D eigenvalue weighted by atomic mass is 9.86.